The first-order chi connectivity index (χ1) is 11.9. The Labute approximate surface area is 149 Å². The van der Waals surface area contributed by atoms with Crippen LogP contribution in [-0.2, 0) is 14.3 Å². The average Bonchev–Trinajstić information content (AvgIpc) is 2.65. The Kier molecular flexibility index (Phi) is 6.56. The summed E-state index contributed by atoms with van der Waals surface area (Å²) in [7, 11) is 5.08. The number of rotatable bonds is 7. The zero-order valence-corrected chi connectivity index (χ0v) is 15.6. The van der Waals surface area contributed by atoms with Crippen LogP contribution in [0.15, 0.2) is 24.3 Å². The van der Waals surface area contributed by atoms with Crippen LogP contribution in [0.3, 0.4) is 0 Å². The van der Waals surface area contributed by atoms with Crippen LogP contribution in [0.25, 0.3) is 0 Å². The summed E-state index contributed by atoms with van der Waals surface area (Å²) in [4.78, 5) is 28.7. The molecule has 138 valence electrons. The molecule has 1 heterocycles. The van der Waals surface area contributed by atoms with Crippen molar-refractivity contribution < 1.29 is 19.1 Å². The summed E-state index contributed by atoms with van der Waals surface area (Å²) >= 11 is 0. The van der Waals surface area contributed by atoms with Crippen LogP contribution in [0.5, 0.6) is 0 Å². The highest BCUT2D eigenvalue weighted by Crippen LogP contribution is 2.26. The number of nitrogens with zero attached hydrogens (tertiary/aromatic N) is 2. The third kappa shape index (κ3) is 4.58. The Balaban J connectivity index is 2.13. The van der Waals surface area contributed by atoms with Crippen molar-refractivity contribution in [2.75, 3.05) is 52.4 Å². The molecule has 0 bridgehead atoms. The lowest BCUT2D eigenvalue weighted by Gasteiger charge is -2.35. The molecule has 1 aliphatic rings. The van der Waals surface area contributed by atoms with E-state index in [1.54, 1.807) is 0 Å². The summed E-state index contributed by atoms with van der Waals surface area (Å²) < 4.78 is 10.1. The SMILES string of the molecule is COC(=O)CCC(C)(C(=O)c1ccc(N2CCOCC2)cc1)N(C)C. The number of anilines is 1. The van der Waals surface area contributed by atoms with Gasteiger partial charge in [-0.15, -0.1) is 0 Å². The van der Waals surface area contributed by atoms with Crippen molar-refractivity contribution in [1.82, 2.24) is 4.90 Å². The van der Waals surface area contributed by atoms with E-state index in [-0.39, 0.29) is 18.2 Å². The van der Waals surface area contributed by atoms with Gasteiger partial charge in [-0.1, -0.05) is 0 Å². The van der Waals surface area contributed by atoms with Gasteiger partial charge < -0.3 is 14.4 Å². The normalized spacial score (nSPS) is 17.2. The molecule has 1 aromatic rings. The molecule has 6 heteroatoms. The van der Waals surface area contributed by atoms with E-state index in [0.29, 0.717) is 12.0 Å². The lowest BCUT2D eigenvalue weighted by Crippen LogP contribution is -2.49. The summed E-state index contributed by atoms with van der Waals surface area (Å²) in [6, 6.07) is 7.70. The molecule has 0 N–H and O–H groups in total. The van der Waals surface area contributed by atoms with Gasteiger partial charge in [-0.3, -0.25) is 14.5 Å². The molecule has 1 unspecified atom stereocenters. The van der Waals surface area contributed by atoms with Gasteiger partial charge in [-0.05, 0) is 51.7 Å². The summed E-state index contributed by atoms with van der Waals surface area (Å²) in [5, 5.41) is 0. The number of carbonyl (C=O) groups is 2. The zero-order chi connectivity index (χ0) is 18.4. The Hall–Kier alpha value is -1.92. The molecule has 1 aliphatic heterocycles. The second-order valence-corrected chi connectivity index (χ2v) is 6.72. The highest BCUT2D eigenvalue weighted by molar-refractivity contribution is 6.03. The Bertz CT molecular complexity index is 594. The van der Waals surface area contributed by atoms with Crippen LogP contribution in [0, 0.1) is 0 Å². The van der Waals surface area contributed by atoms with Gasteiger partial charge in [0.2, 0.25) is 0 Å². The smallest absolute Gasteiger partial charge is 0.305 e. The number of Topliss-reactive ketones (excluding diaryl/α,β-unsaturated/α-hetero) is 1. The van der Waals surface area contributed by atoms with Gasteiger partial charge >= 0.3 is 5.97 Å². The van der Waals surface area contributed by atoms with E-state index in [2.05, 4.69) is 4.90 Å². The first kappa shape index (κ1) is 19.4. The Morgan fingerprint density at radius 3 is 2.32 bits per heavy atom. The largest absolute Gasteiger partial charge is 0.469 e. The lowest BCUT2D eigenvalue weighted by molar-refractivity contribution is -0.141. The molecule has 0 aromatic heterocycles. The van der Waals surface area contributed by atoms with Crippen molar-refractivity contribution in [3.8, 4) is 0 Å². The molecule has 6 nitrogen and oxygen atoms in total. The molecular weight excluding hydrogens is 320 g/mol. The predicted octanol–water partition coefficient (Wildman–Crippen LogP) is 1.98. The van der Waals surface area contributed by atoms with Gasteiger partial charge in [-0.25, -0.2) is 0 Å². The molecule has 0 aliphatic carbocycles. The highest BCUT2D eigenvalue weighted by Gasteiger charge is 2.36. The fourth-order valence-corrected chi connectivity index (χ4v) is 2.94. The van der Waals surface area contributed by atoms with Crippen LogP contribution >= 0.6 is 0 Å². The molecule has 1 saturated heterocycles. The fourth-order valence-electron chi connectivity index (χ4n) is 2.94. The maximum absolute atomic E-state index is 13.1. The predicted molar refractivity (Wildman–Crippen MR) is 97.1 cm³/mol. The van der Waals surface area contributed by atoms with Crippen LogP contribution in [0.4, 0.5) is 5.69 Å². The van der Waals surface area contributed by atoms with Crippen molar-refractivity contribution in [2.45, 2.75) is 25.3 Å². The van der Waals surface area contributed by atoms with E-state index >= 15 is 0 Å². The molecule has 0 radical (unpaired) electrons. The van der Waals surface area contributed by atoms with E-state index in [0.717, 1.165) is 32.0 Å². The zero-order valence-electron chi connectivity index (χ0n) is 15.6. The van der Waals surface area contributed by atoms with Crippen molar-refractivity contribution in [3.05, 3.63) is 29.8 Å². The Morgan fingerprint density at radius 1 is 1.20 bits per heavy atom. The van der Waals surface area contributed by atoms with Crippen LogP contribution in [-0.4, -0.2) is 69.7 Å². The van der Waals surface area contributed by atoms with Gasteiger partial charge in [0, 0.05) is 30.8 Å². The Morgan fingerprint density at radius 2 is 1.80 bits per heavy atom. The topological polar surface area (TPSA) is 59.1 Å². The van der Waals surface area contributed by atoms with Crippen molar-refractivity contribution in [3.63, 3.8) is 0 Å². The second kappa shape index (κ2) is 8.45. The van der Waals surface area contributed by atoms with Gasteiger partial charge in [0.1, 0.15) is 0 Å². The molecule has 0 amide bonds. The highest BCUT2D eigenvalue weighted by atomic mass is 16.5. The van der Waals surface area contributed by atoms with Gasteiger partial charge in [0.15, 0.2) is 5.78 Å². The first-order valence-electron chi connectivity index (χ1n) is 8.60. The number of ether oxygens (including phenoxy) is 2. The number of methoxy groups -OCH3 is 1. The monoisotopic (exact) mass is 348 g/mol. The lowest BCUT2D eigenvalue weighted by atomic mass is 9.85. The third-order valence-corrected chi connectivity index (χ3v) is 5.03. The number of benzene rings is 1. The van der Waals surface area contributed by atoms with E-state index in [4.69, 9.17) is 9.47 Å². The molecule has 2 rings (SSSR count). The fraction of sp³-hybridized carbons (Fsp3) is 0.579. The molecule has 1 aromatic carbocycles. The van der Waals surface area contributed by atoms with Crippen LogP contribution < -0.4 is 4.90 Å². The second-order valence-electron chi connectivity index (χ2n) is 6.72. The average molecular weight is 348 g/mol. The molecule has 0 spiro atoms. The quantitative estimate of drug-likeness (QED) is 0.555. The summed E-state index contributed by atoms with van der Waals surface area (Å²) in [5.41, 5.74) is 0.994. The van der Waals surface area contributed by atoms with Gasteiger partial charge in [0.05, 0.1) is 25.9 Å². The van der Waals surface area contributed by atoms with E-state index in [9.17, 15) is 9.59 Å². The standard InChI is InChI=1S/C19H28N2O4/c1-19(20(2)3,10-9-17(22)24-4)18(23)15-5-7-16(8-6-15)21-11-13-25-14-12-21/h5-8H,9-14H2,1-4H3. The van der Waals surface area contributed by atoms with Gasteiger partial charge in [0.25, 0.3) is 0 Å². The number of hydrogen-bond donors (Lipinski definition) is 0. The summed E-state index contributed by atoms with van der Waals surface area (Å²) in [6.07, 6.45) is 0.625. The van der Waals surface area contributed by atoms with Gasteiger partial charge in [-0.2, -0.15) is 0 Å². The number of hydrogen-bond acceptors (Lipinski definition) is 6. The number of ketones is 1. The van der Waals surface area contributed by atoms with Crippen molar-refractivity contribution in [2.24, 2.45) is 0 Å². The van der Waals surface area contributed by atoms with E-state index in [1.807, 2.05) is 50.2 Å². The van der Waals surface area contributed by atoms with E-state index in [1.165, 1.54) is 7.11 Å². The summed E-state index contributed by atoms with van der Waals surface area (Å²) in [6.45, 7) is 5.05. The number of carbonyl (C=O) groups excluding carboxylic acids is 2. The van der Waals surface area contributed by atoms with E-state index < -0.39 is 5.54 Å². The minimum atomic E-state index is -0.755. The number of morpholine rings is 1. The molecule has 0 saturated carbocycles. The van der Waals surface area contributed by atoms with Crippen molar-refractivity contribution in [1.29, 1.82) is 0 Å². The molecular formula is C19H28N2O4. The molecule has 1 fully saturated rings. The minimum Gasteiger partial charge on any atom is -0.469 e. The summed E-state index contributed by atoms with van der Waals surface area (Å²) in [5.74, 6) is -0.293. The van der Waals surface area contributed by atoms with Crippen molar-refractivity contribution >= 4 is 17.4 Å². The maximum atomic E-state index is 13.1. The van der Waals surface area contributed by atoms with Crippen LogP contribution in [0.2, 0.25) is 0 Å². The number of esters is 1. The molecule has 25 heavy (non-hydrogen) atoms. The molecule has 1 atom stereocenters. The third-order valence-electron chi connectivity index (χ3n) is 5.03. The van der Waals surface area contributed by atoms with Crippen LogP contribution in [0.1, 0.15) is 30.1 Å². The maximum Gasteiger partial charge on any atom is 0.305 e. The number of likely N-dealkylation sites (N-methyl/N-ethyl adjacent to an activating group) is 1. The minimum absolute atomic E-state index is 0.00919. The first-order valence-corrected chi connectivity index (χ1v) is 8.60.